The van der Waals surface area contributed by atoms with Crippen LogP contribution in [0.1, 0.15) is 27.0 Å². The molecular weight excluding hydrogens is 314 g/mol. The molecule has 23 heavy (non-hydrogen) atoms. The number of carbonyl (C=O) groups excluding carboxylic acids is 1. The Balaban J connectivity index is 1.88. The third kappa shape index (κ3) is 2.13. The van der Waals surface area contributed by atoms with Gasteiger partial charge in [-0.3, -0.25) is 9.89 Å². The molecule has 0 bridgehead atoms. The molecule has 0 fully saturated rings. The lowest BCUT2D eigenvalue weighted by atomic mass is 10.1. The van der Waals surface area contributed by atoms with Crippen LogP contribution in [0.15, 0.2) is 30.3 Å². The van der Waals surface area contributed by atoms with Gasteiger partial charge in [0.1, 0.15) is 10.6 Å². The molecule has 4 rings (SSSR count). The molecule has 0 atom stereocenters. The molecule has 1 aromatic carbocycles. The molecule has 0 aliphatic rings. The lowest BCUT2D eigenvalue weighted by molar-refractivity contribution is 0.0702. The second-order valence-corrected chi connectivity index (χ2v) is 6.32. The number of Topliss-reactive ketones (excluding diaryl/α,β-unsaturated/α-hetero) is 1. The molecule has 0 amide bonds. The van der Waals surface area contributed by atoms with E-state index in [4.69, 9.17) is 5.11 Å². The molecule has 6 nitrogen and oxygen atoms in total. The van der Waals surface area contributed by atoms with E-state index in [1.165, 1.54) is 18.3 Å². The molecule has 3 N–H and O–H groups in total. The summed E-state index contributed by atoms with van der Waals surface area (Å²) in [7, 11) is 0. The van der Waals surface area contributed by atoms with E-state index >= 15 is 0 Å². The van der Waals surface area contributed by atoms with Gasteiger partial charge in [0.05, 0.1) is 15.9 Å². The number of carbonyl (C=O) groups is 2. The highest BCUT2D eigenvalue weighted by atomic mass is 32.1. The molecule has 3 aromatic heterocycles. The summed E-state index contributed by atoms with van der Waals surface area (Å²) >= 11 is 1.18. The summed E-state index contributed by atoms with van der Waals surface area (Å²) in [4.78, 5) is 26.1. The molecule has 0 unspecified atom stereocenters. The number of rotatable bonds is 3. The topological polar surface area (TPSA) is 98.8 Å². The van der Waals surface area contributed by atoms with Crippen LogP contribution in [0.25, 0.3) is 32.5 Å². The van der Waals surface area contributed by atoms with Crippen LogP contribution >= 0.6 is 11.3 Å². The normalized spacial score (nSPS) is 11.3. The first-order valence-corrected chi connectivity index (χ1v) is 7.70. The Labute approximate surface area is 133 Å². The summed E-state index contributed by atoms with van der Waals surface area (Å²) in [6.45, 7) is 1.53. The molecule has 0 spiro atoms. The molecule has 0 aliphatic carbocycles. The number of thiophene rings is 1. The van der Waals surface area contributed by atoms with E-state index in [0.29, 0.717) is 16.8 Å². The number of carboxylic acids is 1. The predicted molar refractivity (Wildman–Crippen MR) is 88.2 cm³/mol. The first-order valence-electron chi connectivity index (χ1n) is 6.88. The Morgan fingerprint density at radius 1 is 1.17 bits per heavy atom. The molecule has 0 saturated carbocycles. The van der Waals surface area contributed by atoms with Crippen molar-refractivity contribution in [2.45, 2.75) is 6.92 Å². The van der Waals surface area contributed by atoms with Gasteiger partial charge in [-0.05, 0) is 37.3 Å². The van der Waals surface area contributed by atoms with Crippen LogP contribution in [-0.2, 0) is 0 Å². The first kappa shape index (κ1) is 13.7. The number of H-pyrrole nitrogens is 2. The third-order valence-corrected chi connectivity index (χ3v) is 4.86. The number of aromatic nitrogens is 3. The summed E-state index contributed by atoms with van der Waals surface area (Å²) in [5.74, 6) is -0.936. The van der Waals surface area contributed by atoms with Gasteiger partial charge in [-0.1, -0.05) is 0 Å². The minimum absolute atomic E-state index is 0.0150. The number of nitrogens with zero attached hydrogens (tertiary/aromatic N) is 1. The maximum absolute atomic E-state index is 11.5. The number of fused-ring (bicyclic) bond motifs is 2. The standard InChI is InChI=1S/C16H11N3O3S/c1-7(20)8-2-3-10-9(4-8)5-11(17-10)14-15-12(18-19-14)6-13(23-15)16(21)22/h2-6,17H,1H3,(H,18,19)(H,21,22). The van der Waals surface area contributed by atoms with Gasteiger partial charge in [-0.2, -0.15) is 5.10 Å². The van der Waals surface area contributed by atoms with Crippen molar-refractivity contribution in [2.75, 3.05) is 0 Å². The van der Waals surface area contributed by atoms with Crippen molar-refractivity contribution in [1.29, 1.82) is 0 Å². The molecule has 4 aromatic rings. The van der Waals surface area contributed by atoms with E-state index in [1.807, 2.05) is 18.2 Å². The lowest BCUT2D eigenvalue weighted by Crippen LogP contribution is -1.90. The Hall–Kier alpha value is -2.93. The van der Waals surface area contributed by atoms with E-state index in [-0.39, 0.29) is 10.7 Å². The Bertz CT molecular complexity index is 1090. The highest BCUT2D eigenvalue weighted by Gasteiger charge is 2.17. The molecule has 7 heteroatoms. The van der Waals surface area contributed by atoms with Gasteiger partial charge in [-0.15, -0.1) is 11.3 Å². The largest absolute Gasteiger partial charge is 0.477 e. The Morgan fingerprint density at radius 3 is 2.74 bits per heavy atom. The zero-order valence-electron chi connectivity index (χ0n) is 12.0. The molecule has 3 heterocycles. The van der Waals surface area contributed by atoms with Crippen molar-refractivity contribution in [2.24, 2.45) is 0 Å². The summed E-state index contributed by atoms with van der Waals surface area (Å²) in [6, 6.07) is 8.96. The van der Waals surface area contributed by atoms with E-state index in [1.54, 1.807) is 12.1 Å². The van der Waals surface area contributed by atoms with Crippen molar-refractivity contribution in [3.8, 4) is 11.4 Å². The fraction of sp³-hybridized carbons (Fsp3) is 0.0625. The van der Waals surface area contributed by atoms with E-state index in [2.05, 4.69) is 15.2 Å². The number of carboxylic acid groups (broad SMARTS) is 1. The number of ketones is 1. The van der Waals surface area contributed by atoms with Crippen molar-refractivity contribution >= 4 is 44.2 Å². The number of benzene rings is 1. The Morgan fingerprint density at radius 2 is 2.00 bits per heavy atom. The fourth-order valence-electron chi connectivity index (χ4n) is 2.58. The van der Waals surface area contributed by atoms with Gasteiger partial charge in [0.25, 0.3) is 0 Å². The van der Waals surface area contributed by atoms with Gasteiger partial charge in [0, 0.05) is 16.5 Å². The van der Waals surface area contributed by atoms with Gasteiger partial charge in [0.15, 0.2) is 5.78 Å². The van der Waals surface area contributed by atoms with Crippen LogP contribution in [0.5, 0.6) is 0 Å². The first-order chi connectivity index (χ1) is 11.0. The van der Waals surface area contributed by atoms with Gasteiger partial charge >= 0.3 is 5.97 Å². The van der Waals surface area contributed by atoms with Gasteiger partial charge in [-0.25, -0.2) is 4.79 Å². The molecule has 0 radical (unpaired) electrons. The predicted octanol–water partition coefficient (Wildman–Crippen LogP) is 3.67. The smallest absolute Gasteiger partial charge is 0.345 e. The van der Waals surface area contributed by atoms with Crippen LogP contribution in [-0.4, -0.2) is 32.0 Å². The number of hydrogen-bond acceptors (Lipinski definition) is 4. The fourth-order valence-corrected chi connectivity index (χ4v) is 3.53. The molecule has 0 aliphatic heterocycles. The monoisotopic (exact) mass is 325 g/mol. The highest BCUT2D eigenvalue weighted by molar-refractivity contribution is 7.21. The van der Waals surface area contributed by atoms with E-state index in [0.717, 1.165) is 21.3 Å². The maximum Gasteiger partial charge on any atom is 0.345 e. The van der Waals surface area contributed by atoms with Crippen molar-refractivity contribution < 1.29 is 14.7 Å². The number of aromatic amines is 2. The number of hydrogen-bond donors (Lipinski definition) is 3. The minimum atomic E-state index is -0.951. The summed E-state index contributed by atoms with van der Waals surface area (Å²) in [6.07, 6.45) is 0. The van der Waals surface area contributed by atoms with Crippen molar-refractivity contribution in [1.82, 2.24) is 15.2 Å². The van der Waals surface area contributed by atoms with Crippen molar-refractivity contribution in [3.05, 3.63) is 40.8 Å². The van der Waals surface area contributed by atoms with Crippen LogP contribution in [0, 0.1) is 0 Å². The zero-order valence-corrected chi connectivity index (χ0v) is 12.8. The lowest BCUT2D eigenvalue weighted by Gasteiger charge is -1.94. The highest BCUT2D eigenvalue weighted by Crippen LogP contribution is 2.34. The van der Waals surface area contributed by atoms with Crippen LogP contribution in [0.4, 0.5) is 0 Å². The second kappa shape index (κ2) is 4.79. The average Bonchev–Trinajstić information content (AvgIpc) is 3.18. The zero-order chi connectivity index (χ0) is 16.1. The molecule has 114 valence electrons. The Kier molecular flexibility index (Phi) is 2.85. The summed E-state index contributed by atoms with van der Waals surface area (Å²) < 4.78 is 0.792. The number of nitrogens with one attached hydrogen (secondary N) is 2. The quantitative estimate of drug-likeness (QED) is 0.500. The van der Waals surface area contributed by atoms with Crippen molar-refractivity contribution in [3.63, 3.8) is 0 Å². The third-order valence-electron chi connectivity index (χ3n) is 3.73. The SMILES string of the molecule is CC(=O)c1ccc2[nH]c(-c3n[nH]c4cc(C(=O)O)sc34)cc2c1. The van der Waals surface area contributed by atoms with Gasteiger partial charge < -0.3 is 10.1 Å². The summed E-state index contributed by atoms with van der Waals surface area (Å²) in [5.41, 5.74) is 3.71. The number of aromatic carboxylic acids is 1. The van der Waals surface area contributed by atoms with Gasteiger partial charge in [0.2, 0.25) is 0 Å². The molecular formula is C16H11N3O3S. The maximum atomic E-state index is 11.5. The second-order valence-electron chi connectivity index (χ2n) is 5.27. The van der Waals surface area contributed by atoms with Crippen LogP contribution < -0.4 is 0 Å². The summed E-state index contributed by atoms with van der Waals surface area (Å²) in [5, 5.41) is 17.1. The van der Waals surface area contributed by atoms with E-state index in [9.17, 15) is 9.59 Å². The average molecular weight is 325 g/mol. The molecule has 0 saturated heterocycles. The minimum Gasteiger partial charge on any atom is -0.477 e. The van der Waals surface area contributed by atoms with Crippen LogP contribution in [0.3, 0.4) is 0 Å². The van der Waals surface area contributed by atoms with E-state index < -0.39 is 5.97 Å². The van der Waals surface area contributed by atoms with Crippen LogP contribution in [0.2, 0.25) is 0 Å².